The summed E-state index contributed by atoms with van der Waals surface area (Å²) in [5, 5.41) is 10.1. The molecule has 6 aliphatic carbocycles. The minimum Gasteiger partial charge on any atom is -0.481 e. The standard InChI is InChI=1S/C26H36O4/c1-14(2)16-13-26-11-8-19-24(3,9-5-10-25(19,4)23(29)30)20(26)12-15(16)21-17(27)6-7-18(28)22(21)26/h13-15,19-22H,5-12H2,1-4H3,(H,29,30)/t15-,19-,20-,21-,22+,24-,25+,26-/m0/s1. The first-order valence-electron chi connectivity index (χ1n) is 12.1. The van der Waals surface area contributed by atoms with Gasteiger partial charge < -0.3 is 5.11 Å². The lowest BCUT2D eigenvalue weighted by atomic mass is 9.33. The number of rotatable bonds is 2. The van der Waals surface area contributed by atoms with Crippen molar-refractivity contribution in [3.05, 3.63) is 11.6 Å². The zero-order valence-corrected chi connectivity index (χ0v) is 18.9. The molecule has 6 rings (SSSR count). The van der Waals surface area contributed by atoms with Gasteiger partial charge in [-0.15, -0.1) is 0 Å². The van der Waals surface area contributed by atoms with E-state index in [9.17, 15) is 19.5 Å². The summed E-state index contributed by atoms with van der Waals surface area (Å²) >= 11 is 0. The Bertz CT molecular complexity index is 855. The van der Waals surface area contributed by atoms with E-state index in [4.69, 9.17) is 0 Å². The molecular formula is C26H36O4. The number of hydrogen-bond acceptors (Lipinski definition) is 3. The van der Waals surface area contributed by atoms with Gasteiger partial charge in [-0.3, -0.25) is 14.4 Å². The quantitative estimate of drug-likeness (QED) is 0.644. The van der Waals surface area contributed by atoms with Gasteiger partial charge in [-0.05, 0) is 68.1 Å². The van der Waals surface area contributed by atoms with Crippen LogP contribution in [-0.2, 0) is 14.4 Å². The first-order valence-corrected chi connectivity index (χ1v) is 12.1. The molecule has 0 aromatic heterocycles. The molecule has 4 heteroatoms. The molecule has 0 unspecified atom stereocenters. The minimum atomic E-state index is -0.679. The predicted molar refractivity (Wildman–Crippen MR) is 114 cm³/mol. The predicted octanol–water partition coefficient (Wildman–Crippen LogP) is 5.06. The summed E-state index contributed by atoms with van der Waals surface area (Å²) < 4.78 is 0. The number of carbonyl (C=O) groups excluding carboxylic acids is 2. The highest BCUT2D eigenvalue weighted by molar-refractivity contribution is 5.98. The van der Waals surface area contributed by atoms with E-state index in [1.165, 1.54) is 5.57 Å². The highest BCUT2D eigenvalue weighted by atomic mass is 16.4. The molecule has 0 aromatic rings. The molecule has 1 N–H and O–H groups in total. The number of Topliss-reactive ketones (excluding diaryl/α,β-unsaturated/α-hetero) is 2. The Balaban J connectivity index is 1.67. The number of allylic oxidation sites excluding steroid dienone is 2. The summed E-state index contributed by atoms with van der Waals surface area (Å²) in [7, 11) is 0. The smallest absolute Gasteiger partial charge is 0.309 e. The molecule has 8 atom stereocenters. The summed E-state index contributed by atoms with van der Waals surface area (Å²) in [5.41, 5.74) is 0.400. The van der Waals surface area contributed by atoms with Crippen molar-refractivity contribution in [2.45, 2.75) is 79.1 Å². The average Bonchev–Trinajstić information content (AvgIpc) is 2.69. The number of aliphatic carboxylic acids is 1. The average molecular weight is 413 g/mol. The van der Waals surface area contributed by atoms with Crippen LogP contribution in [0.5, 0.6) is 0 Å². The number of carboxylic acid groups (broad SMARTS) is 1. The second-order valence-electron chi connectivity index (χ2n) is 11.9. The fourth-order valence-electron chi connectivity index (χ4n) is 9.34. The van der Waals surface area contributed by atoms with Crippen molar-refractivity contribution >= 4 is 17.5 Å². The fourth-order valence-corrected chi connectivity index (χ4v) is 9.34. The molecule has 0 aliphatic heterocycles. The third-order valence-electron chi connectivity index (χ3n) is 10.5. The molecule has 2 bridgehead atoms. The van der Waals surface area contributed by atoms with Crippen molar-refractivity contribution in [3.63, 3.8) is 0 Å². The van der Waals surface area contributed by atoms with Crippen molar-refractivity contribution < 1.29 is 19.5 Å². The van der Waals surface area contributed by atoms with Gasteiger partial charge >= 0.3 is 5.97 Å². The highest BCUT2D eigenvalue weighted by Crippen LogP contribution is 2.74. The van der Waals surface area contributed by atoms with Gasteiger partial charge in [0.1, 0.15) is 11.6 Å². The van der Waals surface area contributed by atoms with Crippen LogP contribution in [0.1, 0.15) is 79.1 Å². The molecule has 0 aromatic carbocycles. The third kappa shape index (κ3) is 2.31. The SMILES string of the molecule is CC(C)C1=C[C@@]23CC[C@H]4[C@](C)(CCC[C@@]4(C)C(=O)O)[C@@H]2C[C@@H]1[C@H]1C(=O)CCC(=O)[C@H]13. The van der Waals surface area contributed by atoms with E-state index in [0.29, 0.717) is 36.2 Å². The molecule has 0 saturated heterocycles. The van der Waals surface area contributed by atoms with Crippen LogP contribution in [0.4, 0.5) is 0 Å². The van der Waals surface area contributed by atoms with Crippen LogP contribution in [0.2, 0.25) is 0 Å². The Labute approximate surface area is 179 Å². The molecule has 164 valence electrons. The molecule has 1 spiro atoms. The van der Waals surface area contributed by atoms with Crippen LogP contribution in [0.15, 0.2) is 11.6 Å². The van der Waals surface area contributed by atoms with Crippen molar-refractivity contribution in [1.29, 1.82) is 0 Å². The Hall–Kier alpha value is -1.45. The van der Waals surface area contributed by atoms with E-state index < -0.39 is 11.4 Å². The topological polar surface area (TPSA) is 71.4 Å². The summed E-state index contributed by atoms with van der Waals surface area (Å²) in [4.78, 5) is 38.8. The third-order valence-corrected chi connectivity index (χ3v) is 10.5. The lowest BCUT2D eigenvalue weighted by Crippen LogP contribution is -2.67. The molecule has 30 heavy (non-hydrogen) atoms. The maximum atomic E-state index is 13.3. The molecule has 0 radical (unpaired) electrons. The zero-order valence-electron chi connectivity index (χ0n) is 18.9. The van der Waals surface area contributed by atoms with Crippen molar-refractivity contribution in [2.75, 3.05) is 0 Å². The van der Waals surface area contributed by atoms with Crippen LogP contribution < -0.4 is 0 Å². The molecule has 4 fully saturated rings. The van der Waals surface area contributed by atoms with Gasteiger partial charge in [0.25, 0.3) is 0 Å². The fraction of sp³-hybridized carbons (Fsp3) is 0.808. The Morgan fingerprint density at radius 1 is 1.07 bits per heavy atom. The van der Waals surface area contributed by atoms with Gasteiger partial charge in [-0.25, -0.2) is 0 Å². The lowest BCUT2D eigenvalue weighted by Gasteiger charge is -2.70. The monoisotopic (exact) mass is 412 g/mol. The number of ketones is 2. The van der Waals surface area contributed by atoms with Crippen molar-refractivity contribution in [1.82, 2.24) is 0 Å². The van der Waals surface area contributed by atoms with Gasteiger partial charge in [-0.1, -0.05) is 38.8 Å². The number of hydrogen-bond donors (Lipinski definition) is 1. The van der Waals surface area contributed by atoms with E-state index in [2.05, 4.69) is 26.8 Å². The largest absolute Gasteiger partial charge is 0.481 e. The van der Waals surface area contributed by atoms with E-state index in [0.717, 1.165) is 38.5 Å². The van der Waals surface area contributed by atoms with Gasteiger partial charge in [0, 0.05) is 30.1 Å². The summed E-state index contributed by atoms with van der Waals surface area (Å²) in [6, 6.07) is 0. The Morgan fingerprint density at radius 2 is 1.77 bits per heavy atom. The highest BCUT2D eigenvalue weighted by Gasteiger charge is 2.70. The van der Waals surface area contributed by atoms with Crippen LogP contribution in [0, 0.1) is 51.8 Å². The van der Waals surface area contributed by atoms with E-state index in [-0.39, 0.29) is 34.5 Å². The lowest BCUT2D eigenvalue weighted by molar-refractivity contribution is -0.200. The normalized spacial score (nSPS) is 49.9. The van der Waals surface area contributed by atoms with Gasteiger partial charge in [-0.2, -0.15) is 0 Å². The molecule has 0 heterocycles. The molecule has 0 amide bonds. The van der Waals surface area contributed by atoms with Gasteiger partial charge in [0.15, 0.2) is 0 Å². The maximum absolute atomic E-state index is 13.3. The van der Waals surface area contributed by atoms with E-state index in [1.54, 1.807) is 0 Å². The Morgan fingerprint density at radius 3 is 2.43 bits per heavy atom. The second-order valence-corrected chi connectivity index (χ2v) is 11.9. The van der Waals surface area contributed by atoms with E-state index >= 15 is 0 Å². The summed E-state index contributed by atoms with van der Waals surface area (Å²) in [6.45, 7) is 8.73. The molecule has 4 saturated carbocycles. The van der Waals surface area contributed by atoms with Crippen molar-refractivity contribution in [2.24, 2.45) is 51.8 Å². The van der Waals surface area contributed by atoms with Crippen LogP contribution in [-0.4, -0.2) is 22.6 Å². The first kappa shape index (κ1) is 20.5. The number of carboxylic acids is 1. The zero-order chi connectivity index (χ0) is 21.6. The maximum Gasteiger partial charge on any atom is 0.309 e. The Kier molecular flexibility index (Phi) is 4.29. The van der Waals surface area contributed by atoms with Crippen LogP contribution in [0.3, 0.4) is 0 Å². The van der Waals surface area contributed by atoms with Crippen molar-refractivity contribution in [3.8, 4) is 0 Å². The first-order chi connectivity index (χ1) is 14.1. The van der Waals surface area contributed by atoms with E-state index in [1.807, 2.05) is 6.92 Å². The molecular weight excluding hydrogens is 376 g/mol. The van der Waals surface area contributed by atoms with Crippen LogP contribution in [0.25, 0.3) is 0 Å². The number of fused-ring (bicyclic) bond motifs is 1. The second kappa shape index (κ2) is 6.29. The minimum absolute atomic E-state index is 0.0767. The molecule has 6 aliphatic rings. The molecule has 4 nitrogen and oxygen atoms in total. The van der Waals surface area contributed by atoms with Gasteiger partial charge in [0.2, 0.25) is 0 Å². The summed E-state index contributed by atoms with van der Waals surface area (Å²) in [6.07, 6.45) is 8.70. The van der Waals surface area contributed by atoms with Crippen LogP contribution >= 0.6 is 0 Å². The van der Waals surface area contributed by atoms with Gasteiger partial charge in [0.05, 0.1) is 5.41 Å². The number of carbonyl (C=O) groups is 3. The summed E-state index contributed by atoms with van der Waals surface area (Å²) in [5.74, 6) is 0.677.